The molecule has 3 atom stereocenters. The van der Waals surface area contributed by atoms with Crippen molar-refractivity contribution in [3.63, 3.8) is 0 Å². The third-order valence-corrected chi connectivity index (χ3v) is 6.71. The minimum absolute atomic E-state index is 0.000770. The van der Waals surface area contributed by atoms with Gasteiger partial charge in [-0.2, -0.15) is 5.26 Å². The van der Waals surface area contributed by atoms with E-state index in [0.29, 0.717) is 17.1 Å². The van der Waals surface area contributed by atoms with Gasteiger partial charge in [0.05, 0.1) is 17.0 Å². The van der Waals surface area contributed by atoms with Crippen LogP contribution in [0, 0.1) is 34.3 Å². The van der Waals surface area contributed by atoms with E-state index in [2.05, 4.69) is 11.4 Å². The van der Waals surface area contributed by atoms with Gasteiger partial charge in [-0.15, -0.1) is 0 Å². The van der Waals surface area contributed by atoms with E-state index in [1.807, 2.05) is 0 Å². The summed E-state index contributed by atoms with van der Waals surface area (Å²) < 4.78 is 26.3. The molecule has 3 unspecified atom stereocenters. The van der Waals surface area contributed by atoms with Crippen molar-refractivity contribution >= 4 is 23.2 Å². The molecular weight excluding hydrogens is 429 g/mol. The van der Waals surface area contributed by atoms with Crippen LogP contribution in [-0.4, -0.2) is 24.3 Å². The molecule has 30 heavy (non-hydrogen) atoms. The zero-order valence-electron chi connectivity index (χ0n) is 16.4. The summed E-state index contributed by atoms with van der Waals surface area (Å²) >= 11 is 11.3. The topological polar surface area (TPSA) is 56.0 Å². The molecule has 4 rings (SSSR count). The molecule has 2 aromatic carbocycles. The van der Waals surface area contributed by atoms with Crippen LogP contribution in [0.15, 0.2) is 42.5 Å². The Kier molecular flexibility index (Phi) is 7.70. The Morgan fingerprint density at radius 1 is 1.17 bits per heavy atom. The zero-order chi connectivity index (χ0) is 21.7. The highest BCUT2D eigenvalue weighted by Crippen LogP contribution is 2.47. The SMILES string of the molecule is Fc1cccc(Cl)c1.N#CC1C(CC2(CO)CCC2)NCC1c1cccc(Cl)c1F. The van der Waals surface area contributed by atoms with Crippen LogP contribution in [0.2, 0.25) is 10.0 Å². The molecule has 0 radical (unpaired) electrons. The van der Waals surface area contributed by atoms with Crippen molar-refractivity contribution in [2.45, 2.75) is 37.6 Å². The summed E-state index contributed by atoms with van der Waals surface area (Å²) in [5.41, 5.74) is 0.467. The van der Waals surface area contributed by atoms with Crippen molar-refractivity contribution in [2.24, 2.45) is 11.3 Å². The number of nitrogens with zero attached hydrogens (tertiary/aromatic N) is 1. The van der Waals surface area contributed by atoms with Gasteiger partial charge >= 0.3 is 0 Å². The largest absolute Gasteiger partial charge is 0.396 e. The molecule has 0 amide bonds. The van der Waals surface area contributed by atoms with Crippen molar-refractivity contribution in [1.82, 2.24) is 5.32 Å². The molecule has 2 N–H and O–H groups in total. The summed E-state index contributed by atoms with van der Waals surface area (Å²) in [5.74, 6) is -1.20. The van der Waals surface area contributed by atoms with Crippen LogP contribution >= 0.6 is 23.2 Å². The lowest BCUT2D eigenvalue weighted by atomic mass is 9.64. The fourth-order valence-corrected chi connectivity index (χ4v) is 4.69. The fraction of sp³-hybridized carbons (Fsp3) is 0.435. The minimum atomic E-state index is -0.419. The number of hydrogen-bond acceptors (Lipinski definition) is 3. The molecular formula is C23H24Cl2F2N2O. The fourth-order valence-electron chi connectivity index (χ4n) is 4.33. The van der Waals surface area contributed by atoms with Crippen LogP contribution < -0.4 is 5.32 Å². The van der Waals surface area contributed by atoms with Crippen LogP contribution in [-0.2, 0) is 0 Å². The monoisotopic (exact) mass is 452 g/mol. The number of benzene rings is 2. The van der Waals surface area contributed by atoms with Gasteiger partial charge in [-0.3, -0.25) is 0 Å². The van der Waals surface area contributed by atoms with Crippen molar-refractivity contribution in [2.75, 3.05) is 13.2 Å². The first-order valence-electron chi connectivity index (χ1n) is 9.98. The second kappa shape index (κ2) is 10.1. The Balaban J connectivity index is 0.000000269. The summed E-state index contributed by atoms with van der Waals surface area (Å²) in [7, 11) is 0. The van der Waals surface area contributed by atoms with E-state index in [1.54, 1.807) is 24.3 Å². The number of aliphatic hydroxyl groups excluding tert-OH is 1. The van der Waals surface area contributed by atoms with E-state index < -0.39 is 5.82 Å². The maximum atomic E-state index is 14.3. The lowest BCUT2D eigenvalue weighted by Gasteiger charge is -2.42. The van der Waals surface area contributed by atoms with Gasteiger partial charge in [-0.1, -0.05) is 47.8 Å². The number of halogens is 4. The predicted molar refractivity (Wildman–Crippen MR) is 114 cm³/mol. The first-order chi connectivity index (χ1) is 14.4. The summed E-state index contributed by atoms with van der Waals surface area (Å²) in [6.07, 6.45) is 3.93. The van der Waals surface area contributed by atoms with Crippen molar-refractivity contribution < 1.29 is 13.9 Å². The first kappa shape index (κ1) is 23.0. The Labute approximate surface area is 185 Å². The Hall–Kier alpha value is -1.71. The molecule has 1 heterocycles. The van der Waals surface area contributed by atoms with Crippen molar-refractivity contribution in [3.8, 4) is 6.07 Å². The van der Waals surface area contributed by atoms with E-state index >= 15 is 0 Å². The summed E-state index contributed by atoms with van der Waals surface area (Å²) in [6, 6.07) is 13.1. The maximum Gasteiger partial charge on any atom is 0.145 e. The highest BCUT2D eigenvalue weighted by molar-refractivity contribution is 6.31. The van der Waals surface area contributed by atoms with Crippen molar-refractivity contribution in [3.05, 3.63) is 69.7 Å². The van der Waals surface area contributed by atoms with E-state index in [9.17, 15) is 19.1 Å². The smallest absolute Gasteiger partial charge is 0.145 e. The standard InChI is InChI=1S/C17H20ClFN2O.C6H4ClF/c18-14-4-1-3-11(16(14)19)13-9-21-15(12(13)8-20)7-17(10-22)5-2-6-17;7-5-2-1-3-6(8)4-5/h1,3-4,12-13,15,21-22H,2,5-7,9-10H2;1-4H. The molecule has 0 aromatic heterocycles. The second-order valence-electron chi connectivity index (χ2n) is 8.07. The lowest BCUT2D eigenvalue weighted by Crippen LogP contribution is -2.41. The number of nitriles is 1. The second-order valence-corrected chi connectivity index (χ2v) is 8.92. The third kappa shape index (κ3) is 5.12. The van der Waals surface area contributed by atoms with Gasteiger partial charge in [0.1, 0.15) is 11.6 Å². The van der Waals surface area contributed by atoms with Crippen molar-refractivity contribution in [1.29, 1.82) is 5.26 Å². The molecule has 1 aliphatic carbocycles. The quantitative estimate of drug-likeness (QED) is 0.624. The van der Waals surface area contributed by atoms with E-state index in [4.69, 9.17) is 23.2 Å². The third-order valence-electron chi connectivity index (χ3n) is 6.19. The molecule has 0 spiro atoms. The molecule has 1 saturated heterocycles. The molecule has 2 fully saturated rings. The van der Waals surface area contributed by atoms with Crippen LogP contribution in [0.1, 0.15) is 37.2 Å². The van der Waals surface area contributed by atoms with Crippen LogP contribution in [0.5, 0.6) is 0 Å². The number of nitrogens with one attached hydrogen (secondary N) is 1. The molecule has 2 aromatic rings. The molecule has 160 valence electrons. The average Bonchev–Trinajstić information content (AvgIpc) is 3.09. The number of hydrogen-bond donors (Lipinski definition) is 2. The average molecular weight is 453 g/mol. The van der Waals surface area contributed by atoms with E-state index in [1.165, 1.54) is 18.2 Å². The summed E-state index contributed by atoms with van der Waals surface area (Å²) in [6.45, 7) is 0.737. The highest BCUT2D eigenvalue weighted by Gasteiger charge is 2.45. The van der Waals surface area contributed by atoms with E-state index in [-0.39, 0.29) is 40.7 Å². The Bertz CT molecular complexity index is 892. The number of rotatable bonds is 4. The maximum absolute atomic E-state index is 14.3. The zero-order valence-corrected chi connectivity index (χ0v) is 17.9. The van der Waals surface area contributed by atoms with Crippen LogP contribution in [0.4, 0.5) is 8.78 Å². The number of aliphatic hydroxyl groups is 1. The predicted octanol–water partition coefficient (Wildman–Crippen LogP) is 5.71. The van der Waals surface area contributed by atoms with Gasteiger partial charge in [-0.25, -0.2) is 8.78 Å². The van der Waals surface area contributed by atoms with Gasteiger partial charge in [0, 0.05) is 30.1 Å². The van der Waals surface area contributed by atoms with Gasteiger partial charge in [0.25, 0.3) is 0 Å². The normalized spacial score (nSPS) is 24.3. The van der Waals surface area contributed by atoms with Crippen LogP contribution in [0.3, 0.4) is 0 Å². The molecule has 1 aliphatic heterocycles. The molecule has 0 bridgehead atoms. The summed E-state index contributed by atoms with van der Waals surface area (Å²) in [5, 5.41) is 23.1. The van der Waals surface area contributed by atoms with Gasteiger partial charge in [-0.05, 0) is 54.5 Å². The first-order valence-corrected chi connectivity index (χ1v) is 10.7. The Morgan fingerprint density at radius 3 is 2.43 bits per heavy atom. The van der Waals surface area contributed by atoms with Gasteiger partial charge in [0.2, 0.25) is 0 Å². The molecule has 3 nitrogen and oxygen atoms in total. The van der Waals surface area contributed by atoms with Gasteiger partial charge in [0.15, 0.2) is 0 Å². The van der Waals surface area contributed by atoms with E-state index in [0.717, 1.165) is 25.7 Å². The summed E-state index contributed by atoms with van der Waals surface area (Å²) in [4.78, 5) is 0. The molecule has 1 saturated carbocycles. The van der Waals surface area contributed by atoms with Gasteiger partial charge < -0.3 is 10.4 Å². The van der Waals surface area contributed by atoms with Crippen LogP contribution in [0.25, 0.3) is 0 Å². The molecule has 7 heteroatoms. The molecule has 2 aliphatic rings. The Morgan fingerprint density at radius 2 is 1.90 bits per heavy atom. The minimum Gasteiger partial charge on any atom is -0.396 e. The highest BCUT2D eigenvalue weighted by atomic mass is 35.5. The lowest BCUT2D eigenvalue weighted by molar-refractivity contribution is 0.0252.